The fourth-order valence-corrected chi connectivity index (χ4v) is 2.44. The molecule has 3 aromatic rings. The van der Waals surface area contributed by atoms with Gasteiger partial charge in [0, 0.05) is 12.1 Å². The molecule has 0 aliphatic heterocycles. The highest BCUT2D eigenvalue weighted by molar-refractivity contribution is 6.06. The van der Waals surface area contributed by atoms with E-state index in [0.717, 1.165) is 12.1 Å². The molecule has 1 amide bonds. The molecule has 1 heterocycles. The van der Waals surface area contributed by atoms with E-state index in [4.69, 9.17) is 9.26 Å². The monoisotopic (exact) mass is 351 g/mol. The molecule has 0 saturated heterocycles. The standard InChI is InChI=1S/C20H21N3O3/c1-14(2)12-18-22-19(26-23-18)13-25-17-11-7-6-10-16(17)20(24)21-15-8-4-3-5-9-15/h3-11,14H,12-13H2,1-2H3,(H,21,24). The smallest absolute Gasteiger partial charge is 0.264 e. The molecule has 0 fully saturated rings. The molecule has 6 nitrogen and oxygen atoms in total. The maximum Gasteiger partial charge on any atom is 0.264 e. The van der Waals surface area contributed by atoms with Crippen molar-refractivity contribution in [1.82, 2.24) is 10.1 Å². The molecule has 0 spiro atoms. The Morgan fingerprint density at radius 1 is 1.12 bits per heavy atom. The van der Waals surface area contributed by atoms with Crippen molar-refractivity contribution in [2.24, 2.45) is 5.92 Å². The van der Waals surface area contributed by atoms with Crippen molar-refractivity contribution >= 4 is 11.6 Å². The summed E-state index contributed by atoms with van der Waals surface area (Å²) < 4.78 is 10.9. The first-order chi connectivity index (χ1) is 12.6. The number of anilines is 1. The summed E-state index contributed by atoms with van der Waals surface area (Å²) in [5, 5.41) is 6.79. The van der Waals surface area contributed by atoms with Crippen LogP contribution in [0.15, 0.2) is 59.1 Å². The third-order valence-electron chi connectivity index (χ3n) is 3.62. The van der Waals surface area contributed by atoms with Gasteiger partial charge < -0.3 is 14.6 Å². The number of carbonyl (C=O) groups excluding carboxylic acids is 1. The maximum atomic E-state index is 12.5. The summed E-state index contributed by atoms with van der Waals surface area (Å²) in [7, 11) is 0. The number of nitrogens with one attached hydrogen (secondary N) is 1. The van der Waals surface area contributed by atoms with Crippen molar-refractivity contribution in [3.8, 4) is 5.75 Å². The van der Waals surface area contributed by atoms with E-state index in [2.05, 4.69) is 29.3 Å². The summed E-state index contributed by atoms with van der Waals surface area (Å²) in [6, 6.07) is 16.3. The third kappa shape index (κ3) is 4.69. The molecule has 0 radical (unpaired) electrons. The van der Waals surface area contributed by atoms with Gasteiger partial charge in [0.05, 0.1) is 5.56 Å². The zero-order chi connectivity index (χ0) is 18.4. The van der Waals surface area contributed by atoms with Crippen LogP contribution < -0.4 is 10.1 Å². The van der Waals surface area contributed by atoms with E-state index in [-0.39, 0.29) is 12.5 Å². The molecule has 3 rings (SSSR count). The van der Waals surface area contributed by atoms with Gasteiger partial charge in [0.25, 0.3) is 11.8 Å². The van der Waals surface area contributed by atoms with Gasteiger partial charge in [0.15, 0.2) is 12.4 Å². The van der Waals surface area contributed by atoms with Crippen LogP contribution in [0.1, 0.15) is 35.9 Å². The molecule has 26 heavy (non-hydrogen) atoms. The highest BCUT2D eigenvalue weighted by Gasteiger charge is 2.14. The van der Waals surface area contributed by atoms with Crippen LogP contribution in [0, 0.1) is 5.92 Å². The number of hydrogen-bond acceptors (Lipinski definition) is 5. The van der Waals surface area contributed by atoms with E-state index < -0.39 is 0 Å². The summed E-state index contributed by atoms with van der Waals surface area (Å²) >= 11 is 0. The molecule has 0 atom stereocenters. The van der Waals surface area contributed by atoms with Gasteiger partial charge in [-0.3, -0.25) is 4.79 Å². The number of para-hydroxylation sites is 2. The van der Waals surface area contributed by atoms with E-state index in [1.54, 1.807) is 18.2 Å². The second kappa shape index (κ2) is 8.29. The predicted molar refractivity (Wildman–Crippen MR) is 98.0 cm³/mol. The van der Waals surface area contributed by atoms with Crippen LogP contribution in [0.2, 0.25) is 0 Å². The molecule has 1 N–H and O–H groups in total. The minimum absolute atomic E-state index is 0.112. The lowest BCUT2D eigenvalue weighted by atomic mass is 10.1. The Morgan fingerprint density at radius 3 is 2.62 bits per heavy atom. The Morgan fingerprint density at radius 2 is 1.85 bits per heavy atom. The van der Waals surface area contributed by atoms with Crippen LogP contribution in [-0.2, 0) is 13.0 Å². The topological polar surface area (TPSA) is 77.2 Å². The molecule has 0 unspecified atom stereocenters. The van der Waals surface area contributed by atoms with Gasteiger partial charge in [-0.25, -0.2) is 0 Å². The van der Waals surface area contributed by atoms with E-state index in [1.807, 2.05) is 36.4 Å². The van der Waals surface area contributed by atoms with Gasteiger partial charge in [0.1, 0.15) is 5.75 Å². The van der Waals surface area contributed by atoms with Crippen molar-refractivity contribution in [2.45, 2.75) is 26.9 Å². The molecule has 6 heteroatoms. The lowest BCUT2D eigenvalue weighted by Crippen LogP contribution is -2.13. The first-order valence-electron chi connectivity index (χ1n) is 8.51. The zero-order valence-electron chi connectivity index (χ0n) is 14.8. The van der Waals surface area contributed by atoms with Gasteiger partial charge in [-0.2, -0.15) is 4.98 Å². The fraction of sp³-hybridized carbons (Fsp3) is 0.250. The first kappa shape index (κ1) is 17.7. The van der Waals surface area contributed by atoms with Crippen LogP contribution in [0.4, 0.5) is 5.69 Å². The molecule has 0 bridgehead atoms. The summed E-state index contributed by atoms with van der Waals surface area (Å²) in [4.78, 5) is 16.8. The van der Waals surface area contributed by atoms with Gasteiger partial charge in [-0.15, -0.1) is 0 Å². The summed E-state index contributed by atoms with van der Waals surface area (Å²) in [5.41, 5.74) is 1.17. The number of hydrogen-bond donors (Lipinski definition) is 1. The Kier molecular flexibility index (Phi) is 5.63. The quantitative estimate of drug-likeness (QED) is 0.693. The zero-order valence-corrected chi connectivity index (χ0v) is 14.8. The van der Waals surface area contributed by atoms with Crippen molar-refractivity contribution in [3.05, 3.63) is 71.9 Å². The number of benzene rings is 2. The Labute approximate surface area is 152 Å². The van der Waals surface area contributed by atoms with Gasteiger partial charge in [-0.05, 0) is 30.2 Å². The van der Waals surface area contributed by atoms with E-state index in [0.29, 0.717) is 28.9 Å². The van der Waals surface area contributed by atoms with E-state index >= 15 is 0 Å². The van der Waals surface area contributed by atoms with Gasteiger partial charge in [-0.1, -0.05) is 49.3 Å². The Bertz CT molecular complexity index is 860. The predicted octanol–water partition coefficient (Wildman–Crippen LogP) is 4.10. The van der Waals surface area contributed by atoms with E-state index in [1.165, 1.54) is 0 Å². The Hall–Kier alpha value is -3.15. The summed E-state index contributed by atoms with van der Waals surface area (Å²) in [6.45, 7) is 4.29. The van der Waals surface area contributed by atoms with Crippen LogP contribution in [0.3, 0.4) is 0 Å². The van der Waals surface area contributed by atoms with Crippen LogP contribution in [-0.4, -0.2) is 16.0 Å². The average Bonchev–Trinajstić information content (AvgIpc) is 3.07. The Balaban J connectivity index is 1.67. The number of ether oxygens (including phenoxy) is 1. The number of amides is 1. The largest absolute Gasteiger partial charge is 0.483 e. The lowest BCUT2D eigenvalue weighted by Gasteiger charge is -2.10. The number of nitrogens with zero attached hydrogens (tertiary/aromatic N) is 2. The highest BCUT2D eigenvalue weighted by Crippen LogP contribution is 2.21. The normalized spacial score (nSPS) is 10.7. The third-order valence-corrected chi connectivity index (χ3v) is 3.62. The number of carbonyl (C=O) groups is 1. The molecule has 0 aliphatic rings. The maximum absolute atomic E-state index is 12.5. The van der Waals surface area contributed by atoms with Gasteiger partial charge in [0.2, 0.25) is 0 Å². The molecule has 2 aromatic carbocycles. The molecule has 134 valence electrons. The minimum Gasteiger partial charge on any atom is -0.483 e. The van der Waals surface area contributed by atoms with Gasteiger partial charge >= 0.3 is 0 Å². The SMILES string of the molecule is CC(C)Cc1noc(COc2ccccc2C(=O)Nc2ccccc2)n1. The first-order valence-corrected chi connectivity index (χ1v) is 8.51. The molecule has 0 aliphatic carbocycles. The van der Waals surface area contributed by atoms with Crippen molar-refractivity contribution in [3.63, 3.8) is 0 Å². The molecule has 1 aromatic heterocycles. The average molecular weight is 351 g/mol. The second-order valence-corrected chi connectivity index (χ2v) is 6.31. The fourth-order valence-electron chi connectivity index (χ4n) is 2.44. The highest BCUT2D eigenvalue weighted by atomic mass is 16.5. The molecule has 0 saturated carbocycles. The van der Waals surface area contributed by atoms with Crippen LogP contribution in [0.5, 0.6) is 5.75 Å². The minimum atomic E-state index is -0.238. The molecular formula is C20H21N3O3. The lowest BCUT2D eigenvalue weighted by molar-refractivity contribution is 0.102. The van der Waals surface area contributed by atoms with Crippen molar-refractivity contribution < 1.29 is 14.1 Å². The van der Waals surface area contributed by atoms with Crippen molar-refractivity contribution in [1.29, 1.82) is 0 Å². The van der Waals surface area contributed by atoms with Crippen molar-refractivity contribution in [2.75, 3.05) is 5.32 Å². The van der Waals surface area contributed by atoms with E-state index in [9.17, 15) is 4.79 Å². The van der Waals surface area contributed by atoms with Crippen LogP contribution in [0.25, 0.3) is 0 Å². The van der Waals surface area contributed by atoms with Crippen LogP contribution >= 0.6 is 0 Å². The summed E-state index contributed by atoms with van der Waals surface area (Å²) in [6.07, 6.45) is 0.750. The molecular weight excluding hydrogens is 330 g/mol. The summed E-state index contributed by atoms with van der Waals surface area (Å²) in [5.74, 6) is 1.72. The number of rotatable bonds is 7. The second-order valence-electron chi connectivity index (χ2n) is 6.31. The number of aromatic nitrogens is 2.